The molecule has 1 aliphatic rings. The zero-order valence-corrected chi connectivity index (χ0v) is 20.3. The van der Waals surface area contributed by atoms with Crippen molar-refractivity contribution in [3.05, 3.63) is 35.7 Å². The minimum Gasteiger partial charge on any atom is -0.481 e. The van der Waals surface area contributed by atoms with Crippen molar-refractivity contribution in [1.29, 1.82) is 0 Å². The number of hydrogen-bond acceptors (Lipinski definition) is 13. The Bertz CT molecular complexity index is 1110. The van der Waals surface area contributed by atoms with E-state index < -0.39 is 61.7 Å². The van der Waals surface area contributed by atoms with Gasteiger partial charge < -0.3 is 44.3 Å². The zero-order chi connectivity index (χ0) is 27.1. The summed E-state index contributed by atoms with van der Waals surface area (Å²) in [4.78, 5) is 35.1. The molecule has 1 saturated heterocycles. The van der Waals surface area contributed by atoms with Crippen LogP contribution in [0.2, 0.25) is 0 Å². The molecule has 1 aromatic heterocycles. The highest BCUT2D eigenvalue weighted by molar-refractivity contribution is 5.93. The van der Waals surface area contributed by atoms with Crippen LogP contribution in [-0.4, -0.2) is 106 Å². The largest absolute Gasteiger partial charge is 0.481 e. The van der Waals surface area contributed by atoms with Crippen LogP contribution in [0.25, 0.3) is 5.69 Å². The molecular weight excluding hydrogens is 496 g/mol. The van der Waals surface area contributed by atoms with Gasteiger partial charge in [0.1, 0.15) is 41.4 Å². The number of nitrogens with zero attached hydrogens (tertiary/aromatic N) is 3. The van der Waals surface area contributed by atoms with E-state index in [1.54, 1.807) is 6.07 Å². The van der Waals surface area contributed by atoms with Gasteiger partial charge in [-0.2, -0.15) is 0 Å². The van der Waals surface area contributed by atoms with Gasteiger partial charge in [-0.3, -0.25) is 4.79 Å². The number of amides is 1. The summed E-state index contributed by atoms with van der Waals surface area (Å²) in [5, 5.41) is 40.4. The molecule has 0 aliphatic carbocycles. The smallest absolute Gasteiger partial charge is 0.343 e. The molecule has 2 aromatic rings. The third-order valence-corrected chi connectivity index (χ3v) is 5.40. The van der Waals surface area contributed by atoms with Crippen LogP contribution in [0.1, 0.15) is 23.0 Å². The monoisotopic (exact) mass is 524 g/mol. The minimum absolute atomic E-state index is 0.0550. The summed E-state index contributed by atoms with van der Waals surface area (Å²) in [7, 11) is 2.41. The number of aromatic nitrogens is 3. The first-order valence-electron chi connectivity index (χ1n) is 11.0. The number of benzene rings is 1. The highest BCUT2D eigenvalue weighted by atomic mass is 16.7. The maximum Gasteiger partial charge on any atom is 0.343 e. The van der Waals surface area contributed by atoms with E-state index in [2.05, 4.69) is 20.4 Å². The molecule has 2 heterocycles. The molecule has 5 atom stereocenters. The van der Waals surface area contributed by atoms with Crippen LogP contribution in [0, 0.1) is 0 Å². The number of hydrogen-bond donors (Lipinski definition) is 4. The van der Waals surface area contributed by atoms with Crippen molar-refractivity contribution in [2.45, 2.75) is 44.2 Å². The van der Waals surface area contributed by atoms with E-state index in [4.69, 9.17) is 18.9 Å². The second kappa shape index (κ2) is 12.6. The average Bonchev–Trinajstić information content (AvgIpc) is 3.37. The van der Waals surface area contributed by atoms with E-state index in [0.717, 1.165) is 0 Å². The number of carbonyl (C=O) groups is 3. The average molecular weight is 524 g/mol. The molecule has 0 unspecified atom stereocenters. The lowest BCUT2D eigenvalue weighted by Gasteiger charge is -2.42. The minimum atomic E-state index is -1.45. The topological polar surface area (TPSA) is 201 Å². The number of nitrogens with one attached hydrogen (secondary N) is 1. The first kappa shape index (κ1) is 27.9. The zero-order valence-electron chi connectivity index (χ0n) is 20.3. The number of esters is 2. The van der Waals surface area contributed by atoms with Crippen molar-refractivity contribution >= 4 is 17.8 Å². The Morgan fingerprint density at radius 3 is 2.57 bits per heavy atom. The molecule has 15 heteroatoms. The Balaban J connectivity index is 1.76. The Labute approximate surface area is 210 Å². The summed E-state index contributed by atoms with van der Waals surface area (Å²) in [5.41, 5.74) is 0.826. The Kier molecular flexibility index (Phi) is 9.48. The van der Waals surface area contributed by atoms with Crippen LogP contribution in [0.3, 0.4) is 0 Å². The van der Waals surface area contributed by atoms with Crippen molar-refractivity contribution in [2.75, 3.05) is 27.4 Å². The number of rotatable bonds is 10. The SMILES string of the molecule is COC(=O)COc1cc(-n2cc(CO[C@H]3O[C@H](CO)[C@@H](O)[C@@H](O)[C@@H]3NC(C)=O)nn2)ccc1C(=O)OC. The van der Waals surface area contributed by atoms with Gasteiger partial charge in [0.05, 0.1) is 39.3 Å². The lowest BCUT2D eigenvalue weighted by molar-refractivity contribution is -0.273. The van der Waals surface area contributed by atoms with Gasteiger partial charge in [0, 0.05) is 13.0 Å². The molecule has 1 aromatic carbocycles. The summed E-state index contributed by atoms with van der Waals surface area (Å²) in [6.07, 6.45) is -3.72. The molecule has 37 heavy (non-hydrogen) atoms. The van der Waals surface area contributed by atoms with Gasteiger partial charge in [-0.15, -0.1) is 5.10 Å². The second-order valence-corrected chi connectivity index (χ2v) is 7.94. The van der Waals surface area contributed by atoms with Crippen LogP contribution < -0.4 is 10.1 Å². The second-order valence-electron chi connectivity index (χ2n) is 7.94. The number of aliphatic hydroxyl groups is 3. The van der Waals surface area contributed by atoms with Gasteiger partial charge in [0.15, 0.2) is 12.9 Å². The summed E-state index contributed by atoms with van der Waals surface area (Å²) in [6.45, 7) is 0.0395. The molecular formula is C22H28N4O11. The molecule has 0 spiro atoms. The number of methoxy groups -OCH3 is 2. The van der Waals surface area contributed by atoms with Gasteiger partial charge in [-0.1, -0.05) is 5.21 Å². The molecule has 0 bridgehead atoms. The molecule has 0 saturated carbocycles. The van der Waals surface area contributed by atoms with Crippen molar-refractivity contribution in [2.24, 2.45) is 0 Å². The molecule has 0 radical (unpaired) electrons. The Morgan fingerprint density at radius 2 is 1.92 bits per heavy atom. The fraction of sp³-hybridized carbons (Fsp3) is 0.500. The van der Waals surface area contributed by atoms with Crippen LogP contribution in [0.5, 0.6) is 5.75 Å². The highest BCUT2D eigenvalue weighted by Crippen LogP contribution is 2.25. The molecule has 1 aliphatic heterocycles. The predicted octanol–water partition coefficient (Wildman–Crippen LogP) is -1.93. The first-order valence-corrected chi connectivity index (χ1v) is 11.0. The third kappa shape index (κ3) is 6.78. The van der Waals surface area contributed by atoms with Gasteiger partial charge in [0.2, 0.25) is 5.91 Å². The summed E-state index contributed by atoms with van der Waals surface area (Å²) < 4.78 is 27.2. The lowest BCUT2D eigenvalue weighted by Crippen LogP contribution is -2.64. The van der Waals surface area contributed by atoms with Gasteiger partial charge in [-0.05, 0) is 12.1 Å². The maximum absolute atomic E-state index is 12.1. The Hall–Kier alpha value is -3.63. The number of carbonyl (C=O) groups excluding carboxylic acids is 3. The van der Waals surface area contributed by atoms with E-state index in [1.807, 2.05) is 0 Å². The van der Waals surface area contributed by atoms with E-state index in [-0.39, 0.29) is 17.9 Å². The van der Waals surface area contributed by atoms with E-state index >= 15 is 0 Å². The first-order chi connectivity index (χ1) is 17.7. The number of ether oxygens (including phenoxy) is 5. The van der Waals surface area contributed by atoms with Crippen molar-refractivity contribution in [3.8, 4) is 11.4 Å². The van der Waals surface area contributed by atoms with Crippen LogP contribution >= 0.6 is 0 Å². The molecule has 4 N–H and O–H groups in total. The van der Waals surface area contributed by atoms with Gasteiger partial charge >= 0.3 is 11.9 Å². The number of aliphatic hydroxyl groups excluding tert-OH is 3. The van der Waals surface area contributed by atoms with E-state index in [9.17, 15) is 29.7 Å². The fourth-order valence-electron chi connectivity index (χ4n) is 3.52. The van der Waals surface area contributed by atoms with Crippen LogP contribution in [0.4, 0.5) is 0 Å². The maximum atomic E-state index is 12.1. The molecule has 15 nitrogen and oxygen atoms in total. The van der Waals surface area contributed by atoms with Crippen molar-refractivity contribution in [1.82, 2.24) is 20.3 Å². The van der Waals surface area contributed by atoms with Gasteiger partial charge in [-0.25, -0.2) is 14.3 Å². The van der Waals surface area contributed by atoms with Crippen LogP contribution in [0.15, 0.2) is 24.4 Å². The molecule has 3 rings (SSSR count). The molecule has 202 valence electrons. The lowest BCUT2D eigenvalue weighted by atomic mass is 9.97. The standard InChI is InChI=1S/C22H28N4O11/c1-11(28)23-18-20(31)19(30)16(8-27)37-22(18)36-9-12-7-26(25-24-12)13-4-5-14(21(32)34-3)15(6-13)35-10-17(29)33-2/h4-7,16,18-20,22,27,30-31H,8-10H2,1-3H3,(H,23,28)/t16-,18+,19-,20+,22+/m1/s1. The fourth-order valence-corrected chi connectivity index (χ4v) is 3.52. The third-order valence-electron chi connectivity index (χ3n) is 5.40. The van der Waals surface area contributed by atoms with E-state index in [1.165, 1.54) is 44.2 Å². The van der Waals surface area contributed by atoms with Crippen LogP contribution in [-0.2, 0) is 35.1 Å². The Morgan fingerprint density at radius 1 is 1.16 bits per heavy atom. The highest BCUT2D eigenvalue weighted by Gasteiger charge is 2.45. The molecule has 1 fully saturated rings. The molecule has 1 amide bonds. The van der Waals surface area contributed by atoms with Crippen molar-refractivity contribution < 1.29 is 53.4 Å². The summed E-state index contributed by atoms with van der Waals surface area (Å²) in [6, 6.07) is 3.33. The van der Waals surface area contributed by atoms with E-state index in [0.29, 0.717) is 11.4 Å². The quantitative estimate of drug-likeness (QED) is 0.251. The summed E-state index contributed by atoms with van der Waals surface area (Å²) in [5.74, 6) is -1.75. The predicted molar refractivity (Wildman–Crippen MR) is 120 cm³/mol. The van der Waals surface area contributed by atoms with Gasteiger partial charge in [0.25, 0.3) is 0 Å². The van der Waals surface area contributed by atoms with Crippen molar-refractivity contribution in [3.63, 3.8) is 0 Å². The normalized spacial score (nSPS) is 23.2. The summed E-state index contributed by atoms with van der Waals surface area (Å²) >= 11 is 0.